The Morgan fingerprint density at radius 2 is 1.79 bits per heavy atom. The molecule has 6 heteroatoms. The average Bonchev–Trinajstić information content (AvgIpc) is 3.29. The standard InChI is InChI=1S/C27H33N3O3/c1-4-25-27(31,21-10-12-29(25)13-11-21)22-16-28-26(30-17-23(32-2)24(18-30)33-3)15-20(22)14-19-8-6-5-7-9-19/h1,5-9,15-16,21,23-25,31H,10-14,17-18H2,2-3H3/t23-,24-,25?,27-/m1/s1. The van der Waals surface area contributed by atoms with E-state index in [1.807, 2.05) is 12.3 Å². The van der Waals surface area contributed by atoms with Crippen LogP contribution in [0.5, 0.6) is 0 Å². The van der Waals surface area contributed by atoms with E-state index >= 15 is 0 Å². The van der Waals surface area contributed by atoms with Gasteiger partial charge in [-0.1, -0.05) is 36.3 Å². The van der Waals surface area contributed by atoms with Crippen molar-refractivity contribution in [3.8, 4) is 12.3 Å². The van der Waals surface area contributed by atoms with Crippen molar-refractivity contribution in [1.82, 2.24) is 9.88 Å². The number of hydrogen-bond acceptors (Lipinski definition) is 6. The molecular formula is C27H33N3O3. The molecule has 2 bridgehead atoms. The molecule has 6 rings (SSSR count). The lowest BCUT2D eigenvalue weighted by Gasteiger charge is -2.54. The molecule has 4 saturated heterocycles. The highest BCUT2D eigenvalue weighted by Crippen LogP contribution is 2.48. The number of ether oxygens (including phenoxy) is 2. The van der Waals surface area contributed by atoms with E-state index in [-0.39, 0.29) is 24.2 Å². The van der Waals surface area contributed by atoms with Gasteiger partial charge in [-0.25, -0.2) is 4.98 Å². The Morgan fingerprint density at radius 1 is 1.12 bits per heavy atom. The highest BCUT2D eigenvalue weighted by atomic mass is 16.5. The Labute approximate surface area is 196 Å². The molecule has 1 N–H and O–H groups in total. The predicted molar refractivity (Wildman–Crippen MR) is 128 cm³/mol. The molecular weight excluding hydrogens is 414 g/mol. The van der Waals surface area contributed by atoms with Crippen molar-refractivity contribution in [3.63, 3.8) is 0 Å². The number of rotatable bonds is 6. The summed E-state index contributed by atoms with van der Waals surface area (Å²) in [6.07, 6.45) is 10.5. The first-order chi connectivity index (χ1) is 16.1. The highest BCUT2D eigenvalue weighted by molar-refractivity contribution is 5.50. The minimum atomic E-state index is -1.09. The summed E-state index contributed by atoms with van der Waals surface area (Å²) in [5.74, 6) is 3.95. The summed E-state index contributed by atoms with van der Waals surface area (Å²) in [5, 5.41) is 12.2. The largest absolute Gasteiger partial charge is 0.382 e. The van der Waals surface area contributed by atoms with Gasteiger partial charge in [-0.2, -0.15) is 0 Å². The number of aliphatic hydroxyl groups is 1. The van der Waals surface area contributed by atoms with E-state index < -0.39 is 5.60 Å². The van der Waals surface area contributed by atoms with Crippen LogP contribution in [0.2, 0.25) is 0 Å². The molecule has 4 fully saturated rings. The van der Waals surface area contributed by atoms with Gasteiger partial charge in [0.25, 0.3) is 0 Å². The van der Waals surface area contributed by atoms with E-state index in [2.05, 4.69) is 46.1 Å². The maximum Gasteiger partial charge on any atom is 0.128 e. The number of benzene rings is 1. The van der Waals surface area contributed by atoms with Crippen molar-refractivity contribution in [1.29, 1.82) is 0 Å². The Kier molecular flexibility index (Phi) is 6.15. The SMILES string of the molecule is C#CC1N2CCC(CC2)[C@@]1(O)c1cnc(N2C[C@@H](OC)[C@H](OC)C2)cc1Cc1ccccc1. The lowest BCUT2D eigenvalue weighted by molar-refractivity contribution is -0.143. The van der Waals surface area contributed by atoms with E-state index in [1.54, 1.807) is 14.2 Å². The fourth-order valence-electron chi connectivity index (χ4n) is 6.06. The molecule has 6 nitrogen and oxygen atoms in total. The number of aromatic nitrogens is 1. The molecule has 2 aromatic rings. The third-order valence-electron chi connectivity index (χ3n) is 7.88. The Bertz CT molecular complexity index is 1000. The summed E-state index contributed by atoms with van der Waals surface area (Å²) in [6.45, 7) is 3.34. The van der Waals surface area contributed by atoms with E-state index in [9.17, 15) is 5.11 Å². The summed E-state index contributed by atoms with van der Waals surface area (Å²) >= 11 is 0. The zero-order valence-electron chi connectivity index (χ0n) is 19.5. The number of fused-ring (bicyclic) bond motifs is 3. The monoisotopic (exact) mass is 447 g/mol. The number of pyridine rings is 1. The molecule has 4 aliphatic heterocycles. The Morgan fingerprint density at radius 3 is 2.39 bits per heavy atom. The van der Waals surface area contributed by atoms with Gasteiger partial charge in [0.1, 0.15) is 29.7 Å². The van der Waals surface area contributed by atoms with Crippen LogP contribution in [0.1, 0.15) is 29.5 Å². The Balaban J connectivity index is 1.56. The van der Waals surface area contributed by atoms with Crippen LogP contribution >= 0.6 is 0 Å². The maximum absolute atomic E-state index is 12.2. The van der Waals surface area contributed by atoms with E-state index in [4.69, 9.17) is 20.9 Å². The van der Waals surface area contributed by atoms with Crippen molar-refractivity contribution in [3.05, 3.63) is 59.3 Å². The third-order valence-corrected chi connectivity index (χ3v) is 7.88. The van der Waals surface area contributed by atoms with Crippen LogP contribution in [-0.2, 0) is 21.5 Å². The molecule has 1 aromatic carbocycles. The van der Waals surface area contributed by atoms with E-state index in [0.717, 1.165) is 56.0 Å². The van der Waals surface area contributed by atoms with Gasteiger partial charge in [-0.05, 0) is 55.5 Å². The molecule has 1 aromatic heterocycles. The van der Waals surface area contributed by atoms with Crippen LogP contribution in [0.3, 0.4) is 0 Å². The van der Waals surface area contributed by atoms with Crippen LogP contribution in [0.15, 0.2) is 42.6 Å². The van der Waals surface area contributed by atoms with Crippen molar-refractivity contribution in [2.24, 2.45) is 5.92 Å². The lowest BCUT2D eigenvalue weighted by Crippen LogP contribution is -2.63. The lowest BCUT2D eigenvalue weighted by atomic mass is 9.66. The number of hydrogen-bond donors (Lipinski definition) is 1. The number of methoxy groups -OCH3 is 2. The van der Waals surface area contributed by atoms with Gasteiger partial charge in [0.15, 0.2) is 0 Å². The van der Waals surface area contributed by atoms with Gasteiger partial charge in [-0.15, -0.1) is 6.42 Å². The molecule has 174 valence electrons. The van der Waals surface area contributed by atoms with Crippen molar-refractivity contribution in [2.45, 2.75) is 43.1 Å². The number of terminal acetylenes is 1. The van der Waals surface area contributed by atoms with E-state index in [1.165, 1.54) is 5.56 Å². The average molecular weight is 448 g/mol. The minimum absolute atomic E-state index is 0.00549. The summed E-state index contributed by atoms with van der Waals surface area (Å²) in [4.78, 5) is 9.31. The van der Waals surface area contributed by atoms with Gasteiger partial charge in [-0.3, -0.25) is 4.90 Å². The van der Waals surface area contributed by atoms with Gasteiger partial charge in [0.2, 0.25) is 0 Å². The summed E-state index contributed by atoms with van der Waals surface area (Å²) < 4.78 is 11.3. The second-order valence-corrected chi connectivity index (χ2v) is 9.52. The van der Waals surface area contributed by atoms with Crippen LogP contribution < -0.4 is 4.90 Å². The quantitative estimate of drug-likeness (QED) is 0.687. The third kappa shape index (κ3) is 3.83. The van der Waals surface area contributed by atoms with Crippen molar-refractivity contribution < 1.29 is 14.6 Å². The van der Waals surface area contributed by atoms with Crippen LogP contribution in [0, 0.1) is 18.3 Å². The molecule has 0 radical (unpaired) electrons. The first kappa shape index (κ1) is 22.4. The molecule has 0 spiro atoms. The predicted octanol–water partition coefficient (Wildman–Crippen LogP) is 2.44. The number of piperidine rings is 3. The smallest absolute Gasteiger partial charge is 0.128 e. The minimum Gasteiger partial charge on any atom is -0.382 e. The zero-order valence-corrected chi connectivity index (χ0v) is 19.5. The molecule has 33 heavy (non-hydrogen) atoms. The molecule has 0 aliphatic carbocycles. The topological polar surface area (TPSA) is 58.1 Å². The molecule has 5 heterocycles. The second kappa shape index (κ2) is 9.08. The molecule has 0 saturated carbocycles. The Hall–Kier alpha value is -2.43. The maximum atomic E-state index is 12.2. The zero-order chi connectivity index (χ0) is 23.0. The van der Waals surface area contributed by atoms with Crippen LogP contribution in [0.25, 0.3) is 0 Å². The summed E-state index contributed by atoms with van der Waals surface area (Å²) in [7, 11) is 3.45. The normalized spacial score (nSPS) is 33.3. The molecule has 1 unspecified atom stereocenters. The molecule has 0 amide bonds. The molecule has 4 aliphatic rings. The molecule has 4 atom stereocenters. The van der Waals surface area contributed by atoms with Crippen LogP contribution in [0.4, 0.5) is 5.82 Å². The van der Waals surface area contributed by atoms with Gasteiger partial charge in [0, 0.05) is 39.1 Å². The first-order valence-corrected chi connectivity index (χ1v) is 11.8. The summed E-state index contributed by atoms with van der Waals surface area (Å²) in [6, 6.07) is 12.2. The number of nitrogens with zero attached hydrogens (tertiary/aromatic N) is 3. The highest BCUT2D eigenvalue weighted by Gasteiger charge is 2.54. The fraction of sp³-hybridized carbons (Fsp3) is 0.519. The fourth-order valence-corrected chi connectivity index (χ4v) is 6.06. The van der Waals surface area contributed by atoms with Crippen LogP contribution in [-0.4, -0.2) is 73.6 Å². The van der Waals surface area contributed by atoms with Gasteiger partial charge < -0.3 is 19.5 Å². The first-order valence-electron chi connectivity index (χ1n) is 11.8. The summed E-state index contributed by atoms with van der Waals surface area (Å²) in [5.41, 5.74) is 2.07. The van der Waals surface area contributed by atoms with E-state index in [0.29, 0.717) is 6.42 Å². The van der Waals surface area contributed by atoms with Crippen molar-refractivity contribution >= 4 is 5.82 Å². The van der Waals surface area contributed by atoms with Gasteiger partial charge in [0.05, 0.1) is 0 Å². The second-order valence-electron chi connectivity index (χ2n) is 9.52. The van der Waals surface area contributed by atoms with Crippen molar-refractivity contribution in [2.75, 3.05) is 45.3 Å². The van der Waals surface area contributed by atoms with Gasteiger partial charge >= 0.3 is 0 Å². The number of anilines is 1.